The van der Waals surface area contributed by atoms with E-state index in [2.05, 4.69) is 22.2 Å². The van der Waals surface area contributed by atoms with Gasteiger partial charge in [-0.25, -0.2) is 9.78 Å². The third kappa shape index (κ3) is 3.63. The molecule has 29 heavy (non-hydrogen) atoms. The van der Waals surface area contributed by atoms with E-state index in [-0.39, 0.29) is 18.9 Å². The minimum absolute atomic E-state index is 0.00589. The predicted molar refractivity (Wildman–Crippen MR) is 105 cm³/mol. The Bertz CT molecular complexity index is 956. The fourth-order valence-electron chi connectivity index (χ4n) is 4.04. The Morgan fingerprint density at radius 3 is 2.55 bits per heavy atom. The van der Waals surface area contributed by atoms with E-state index in [1.54, 1.807) is 19.1 Å². The number of carbonyl (C=O) groups excluding carboxylic acids is 1. The number of hydrogen-bond donors (Lipinski definition) is 5. The molecule has 2 aliphatic heterocycles. The summed E-state index contributed by atoms with van der Waals surface area (Å²) in [5.41, 5.74) is 4.22. The van der Waals surface area contributed by atoms with E-state index in [4.69, 9.17) is 5.73 Å². The molecule has 3 heterocycles. The molecule has 0 aromatic carbocycles. The van der Waals surface area contributed by atoms with Gasteiger partial charge in [0, 0.05) is 6.54 Å². The van der Waals surface area contributed by atoms with Crippen LogP contribution in [0.3, 0.4) is 0 Å². The summed E-state index contributed by atoms with van der Waals surface area (Å²) in [6, 6.07) is 0. The number of allylic oxidation sites excluding steroid dienone is 1. The Morgan fingerprint density at radius 2 is 2.00 bits per heavy atom. The SMILES string of the molecule is C=C/C(=C\C)CNC(=O)c1nc2n(c(=O)c1O)CC1(NC(=O)O)CCC2(N)CC1. The van der Waals surface area contributed by atoms with Crippen molar-refractivity contribution >= 4 is 12.0 Å². The van der Waals surface area contributed by atoms with E-state index >= 15 is 0 Å². The van der Waals surface area contributed by atoms with Crippen molar-refractivity contribution in [3.8, 4) is 5.75 Å². The highest BCUT2D eigenvalue weighted by molar-refractivity contribution is 5.94. The Labute approximate surface area is 167 Å². The van der Waals surface area contributed by atoms with Gasteiger partial charge >= 0.3 is 6.09 Å². The van der Waals surface area contributed by atoms with Crippen LogP contribution in [-0.2, 0) is 12.1 Å². The van der Waals surface area contributed by atoms with Crippen molar-refractivity contribution < 1.29 is 19.8 Å². The van der Waals surface area contributed by atoms with Crippen LogP contribution in [-0.4, -0.2) is 43.8 Å². The molecule has 4 rings (SSSR count). The predicted octanol–water partition coefficient (Wildman–Crippen LogP) is 0.559. The van der Waals surface area contributed by atoms with Crippen molar-refractivity contribution in [1.82, 2.24) is 20.2 Å². The number of rotatable bonds is 5. The summed E-state index contributed by atoms with van der Waals surface area (Å²) in [6.07, 6.45) is 3.79. The molecule has 0 atom stereocenters. The first-order chi connectivity index (χ1) is 13.6. The number of nitrogens with two attached hydrogens (primary N) is 1. The van der Waals surface area contributed by atoms with Gasteiger partial charge in [0.05, 0.1) is 17.6 Å². The van der Waals surface area contributed by atoms with E-state index in [9.17, 15) is 24.6 Å². The Kier molecular flexibility index (Phi) is 5.22. The van der Waals surface area contributed by atoms with Gasteiger partial charge in [-0.1, -0.05) is 18.7 Å². The lowest BCUT2D eigenvalue weighted by atomic mass is 9.74. The maximum Gasteiger partial charge on any atom is 0.405 e. The number of amides is 2. The average Bonchev–Trinajstić information content (AvgIpc) is 2.87. The molecule has 0 unspecified atom stereocenters. The van der Waals surface area contributed by atoms with Crippen LogP contribution in [0.1, 0.15) is 48.9 Å². The Balaban J connectivity index is 2.03. The highest BCUT2D eigenvalue weighted by Gasteiger charge is 2.49. The average molecular weight is 403 g/mol. The van der Waals surface area contributed by atoms with Gasteiger partial charge in [0.25, 0.3) is 11.5 Å². The third-order valence-electron chi connectivity index (χ3n) is 5.82. The second-order valence-electron chi connectivity index (χ2n) is 7.64. The summed E-state index contributed by atoms with van der Waals surface area (Å²) in [6.45, 7) is 5.60. The number of carbonyl (C=O) groups is 2. The lowest BCUT2D eigenvalue weighted by molar-refractivity contribution is 0.0947. The molecule has 10 heteroatoms. The van der Waals surface area contributed by atoms with E-state index in [1.807, 2.05) is 0 Å². The minimum atomic E-state index is -1.19. The Morgan fingerprint density at radius 1 is 1.34 bits per heavy atom. The maximum absolute atomic E-state index is 12.9. The van der Waals surface area contributed by atoms with Gasteiger partial charge in [-0.15, -0.1) is 0 Å². The summed E-state index contributed by atoms with van der Waals surface area (Å²) >= 11 is 0. The normalized spacial score (nSPS) is 25.7. The van der Waals surface area contributed by atoms with Gasteiger partial charge in [0.1, 0.15) is 5.82 Å². The van der Waals surface area contributed by atoms with Crippen molar-refractivity contribution in [3.63, 3.8) is 0 Å². The molecule has 0 radical (unpaired) electrons. The van der Waals surface area contributed by atoms with Crippen LogP contribution in [0.5, 0.6) is 5.75 Å². The van der Waals surface area contributed by atoms with Crippen LogP contribution >= 0.6 is 0 Å². The zero-order valence-electron chi connectivity index (χ0n) is 16.2. The molecule has 1 aromatic rings. The van der Waals surface area contributed by atoms with E-state index in [0.29, 0.717) is 25.7 Å². The van der Waals surface area contributed by atoms with Crippen LogP contribution in [0.2, 0.25) is 0 Å². The molecule has 1 aromatic heterocycles. The largest absolute Gasteiger partial charge is 0.501 e. The summed E-state index contributed by atoms with van der Waals surface area (Å²) < 4.78 is 1.20. The molecular weight excluding hydrogens is 378 g/mol. The highest BCUT2D eigenvalue weighted by atomic mass is 16.4. The first kappa shape index (κ1) is 20.6. The molecule has 2 amide bonds. The smallest absolute Gasteiger partial charge is 0.405 e. The van der Waals surface area contributed by atoms with Gasteiger partial charge in [-0.05, 0) is 38.2 Å². The summed E-state index contributed by atoms with van der Waals surface area (Å²) in [7, 11) is 0. The molecule has 0 saturated heterocycles. The number of aromatic hydroxyl groups is 1. The molecule has 6 N–H and O–H groups in total. The molecule has 1 aliphatic carbocycles. The van der Waals surface area contributed by atoms with Crippen molar-refractivity contribution in [1.29, 1.82) is 0 Å². The van der Waals surface area contributed by atoms with Gasteiger partial charge in [-0.3, -0.25) is 14.2 Å². The van der Waals surface area contributed by atoms with E-state index < -0.39 is 40.1 Å². The molecule has 0 spiro atoms. The number of carboxylic acid groups (broad SMARTS) is 1. The van der Waals surface area contributed by atoms with Gasteiger partial charge < -0.3 is 26.6 Å². The first-order valence-corrected chi connectivity index (χ1v) is 9.35. The van der Waals surface area contributed by atoms with Crippen LogP contribution in [0.4, 0.5) is 4.79 Å². The lowest BCUT2D eigenvalue weighted by Crippen LogP contribution is -2.54. The standard InChI is InChI=1S/C19H25N5O5/c1-3-11(4-2)9-21-14(26)12-13(25)15(27)24-10-18(23-17(28)29)5-7-19(20,8-6-18)16(24)22-12/h3-4,23,25H,1,5-10,20H2,2H3,(H,21,26)(H,28,29)/b11-4+. The van der Waals surface area contributed by atoms with Gasteiger partial charge in [0.15, 0.2) is 5.69 Å². The molecule has 1 fully saturated rings. The second-order valence-corrected chi connectivity index (χ2v) is 7.64. The van der Waals surface area contributed by atoms with Gasteiger partial charge in [-0.2, -0.15) is 0 Å². The third-order valence-corrected chi connectivity index (χ3v) is 5.82. The lowest BCUT2D eigenvalue weighted by Gasteiger charge is -2.39. The highest BCUT2D eigenvalue weighted by Crippen LogP contribution is 2.43. The van der Waals surface area contributed by atoms with Crippen LogP contribution in [0.15, 0.2) is 29.1 Å². The molecule has 156 valence electrons. The molecule has 2 bridgehead atoms. The van der Waals surface area contributed by atoms with Crippen LogP contribution in [0, 0.1) is 0 Å². The molecular formula is C19H25N5O5. The van der Waals surface area contributed by atoms with Crippen LogP contribution < -0.4 is 21.9 Å². The second kappa shape index (κ2) is 7.36. The molecule has 1 saturated carbocycles. The van der Waals surface area contributed by atoms with E-state index in [1.165, 1.54) is 4.57 Å². The molecule has 3 aliphatic rings. The zero-order valence-corrected chi connectivity index (χ0v) is 16.2. The summed E-state index contributed by atoms with van der Waals surface area (Å²) in [5, 5.41) is 24.7. The van der Waals surface area contributed by atoms with Crippen molar-refractivity contribution in [2.45, 2.75) is 50.2 Å². The fraction of sp³-hybridized carbons (Fsp3) is 0.474. The van der Waals surface area contributed by atoms with Gasteiger partial charge in [0.2, 0.25) is 5.75 Å². The monoisotopic (exact) mass is 403 g/mol. The zero-order chi connectivity index (χ0) is 21.4. The number of nitrogens with zero attached hydrogens (tertiary/aromatic N) is 2. The number of hydrogen-bond acceptors (Lipinski definition) is 6. The summed E-state index contributed by atoms with van der Waals surface area (Å²) in [5.74, 6) is -1.31. The first-order valence-electron chi connectivity index (χ1n) is 9.35. The number of aromatic nitrogens is 2. The number of nitrogens with one attached hydrogen (secondary N) is 2. The Hall–Kier alpha value is -3.14. The maximum atomic E-state index is 12.9. The van der Waals surface area contributed by atoms with Crippen molar-refractivity contribution in [2.24, 2.45) is 5.73 Å². The molecule has 10 nitrogen and oxygen atoms in total. The quantitative estimate of drug-likeness (QED) is 0.449. The van der Waals surface area contributed by atoms with E-state index in [0.717, 1.165) is 5.57 Å². The van der Waals surface area contributed by atoms with Crippen molar-refractivity contribution in [2.75, 3.05) is 6.54 Å². The topological polar surface area (TPSA) is 160 Å². The fourth-order valence-corrected chi connectivity index (χ4v) is 4.04. The minimum Gasteiger partial charge on any atom is -0.501 e. The van der Waals surface area contributed by atoms with Crippen molar-refractivity contribution in [3.05, 3.63) is 46.2 Å². The summed E-state index contributed by atoms with van der Waals surface area (Å²) in [4.78, 5) is 41.0. The number of fused-ring (bicyclic) bond motifs is 2. The van der Waals surface area contributed by atoms with Crippen LogP contribution in [0.25, 0.3) is 0 Å².